The lowest BCUT2D eigenvalue weighted by Gasteiger charge is -2.13. The molecule has 5 heteroatoms. The van der Waals surface area contributed by atoms with E-state index in [0.717, 1.165) is 36.3 Å². The van der Waals surface area contributed by atoms with E-state index in [1.54, 1.807) is 13.1 Å². The number of imidazole rings is 1. The number of benzene rings is 1. The number of unbranched alkanes of at least 4 members (excludes halogenated alkanes) is 1. The highest BCUT2D eigenvalue weighted by molar-refractivity contribution is 6.31. The van der Waals surface area contributed by atoms with Gasteiger partial charge < -0.3 is 9.67 Å². The Morgan fingerprint density at radius 2 is 2.13 bits per heavy atom. The minimum absolute atomic E-state index is 0.582. The summed E-state index contributed by atoms with van der Waals surface area (Å²) in [4.78, 5) is 15.5. The number of carbonyl (C=O) groups is 1. The Kier molecular flexibility index (Phi) is 5.99. The van der Waals surface area contributed by atoms with Crippen molar-refractivity contribution in [3.05, 3.63) is 58.6 Å². The minimum Gasteiger partial charge on any atom is -0.478 e. The van der Waals surface area contributed by atoms with Gasteiger partial charge in [-0.3, -0.25) is 0 Å². The van der Waals surface area contributed by atoms with E-state index in [0.29, 0.717) is 17.1 Å². The first-order valence-corrected chi connectivity index (χ1v) is 8.10. The van der Waals surface area contributed by atoms with Gasteiger partial charge in [0.2, 0.25) is 0 Å². The van der Waals surface area contributed by atoms with Gasteiger partial charge in [-0.05, 0) is 30.5 Å². The van der Waals surface area contributed by atoms with Gasteiger partial charge in [0.1, 0.15) is 5.82 Å². The molecule has 0 fully saturated rings. The first-order valence-electron chi connectivity index (χ1n) is 7.72. The third kappa shape index (κ3) is 4.45. The maximum atomic E-state index is 11.0. The third-order valence-electron chi connectivity index (χ3n) is 3.72. The number of aromatic nitrogens is 2. The molecule has 1 aromatic heterocycles. The van der Waals surface area contributed by atoms with E-state index >= 15 is 0 Å². The molecule has 2 rings (SSSR count). The van der Waals surface area contributed by atoms with Crippen LogP contribution in [0.4, 0.5) is 0 Å². The number of hydrogen-bond acceptors (Lipinski definition) is 2. The number of rotatable bonds is 7. The van der Waals surface area contributed by atoms with E-state index in [1.807, 2.05) is 24.3 Å². The number of aliphatic carboxylic acids is 1. The predicted octanol–water partition coefficient (Wildman–Crippen LogP) is 4.42. The molecule has 0 aliphatic carbocycles. The van der Waals surface area contributed by atoms with E-state index in [2.05, 4.69) is 16.5 Å². The van der Waals surface area contributed by atoms with Gasteiger partial charge in [-0.15, -0.1) is 0 Å². The average Bonchev–Trinajstić information content (AvgIpc) is 2.89. The summed E-state index contributed by atoms with van der Waals surface area (Å²) in [6, 6.07) is 7.68. The van der Waals surface area contributed by atoms with Crippen molar-refractivity contribution in [2.45, 2.75) is 39.7 Å². The number of carboxylic acids is 1. The summed E-state index contributed by atoms with van der Waals surface area (Å²) >= 11 is 6.27. The molecular formula is C18H21ClN2O2. The highest BCUT2D eigenvalue weighted by Gasteiger charge is 2.13. The second-order valence-electron chi connectivity index (χ2n) is 5.51. The topological polar surface area (TPSA) is 55.1 Å². The summed E-state index contributed by atoms with van der Waals surface area (Å²) < 4.78 is 2.06. The van der Waals surface area contributed by atoms with Crippen LogP contribution >= 0.6 is 11.6 Å². The average molecular weight is 333 g/mol. The van der Waals surface area contributed by atoms with E-state index in [1.165, 1.54) is 6.08 Å². The molecule has 0 radical (unpaired) electrons. The quantitative estimate of drug-likeness (QED) is 0.764. The molecule has 0 saturated heterocycles. The number of hydrogen-bond donors (Lipinski definition) is 1. The molecule has 1 aromatic carbocycles. The first kappa shape index (κ1) is 17.3. The Hall–Kier alpha value is -2.07. The van der Waals surface area contributed by atoms with Crippen LogP contribution in [-0.4, -0.2) is 20.6 Å². The lowest BCUT2D eigenvalue weighted by Crippen LogP contribution is -2.09. The van der Waals surface area contributed by atoms with Gasteiger partial charge in [0.25, 0.3) is 0 Å². The van der Waals surface area contributed by atoms with Crippen LogP contribution in [0, 0.1) is 0 Å². The molecule has 1 N–H and O–H groups in total. The minimum atomic E-state index is -0.955. The molecule has 0 aliphatic heterocycles. The maximum absolute atomic E-state index is 11.0. The molecule has 0 unspecified atom stereocenters. The molecule has 0 aliphatic rings. The molecule has 0 atom stereocenters. The zero-order chi connectivity index (χ0) is 16.8. The van der Waals surface area contributed by atoms with Crippen molar-refractivity contribution < 1.29 is 9.90 Å². The fraction of sp³-hybridized carbons (Fsp3) is 0.333. The molecule has 0 saturated carbocycles. The normalized spacial score (nSPS) is 11.7. The second kappa shape index (κ2) is 7.97. The summed E-state index contributed by atoms with van der Waals surface area (Å²) in [7, 11) is 0. The molecule has 0 bridgehead atoms. The lowest BCUT2D eigenvalue weighted by molar-refractivity contribution is -0.131. The van der Waals surface area contributed by atoms with Crippen molar-refractivity contribution in [1.29, 1.82) is 0 Å². The van der Waals surface area contributed by atoms with Crippen molar-refractivity contribution in [3.63, 3.8) is 0 Å². The number of aryl methyl sites for hydroxylation is 1. The smallest absolute Gasteiger partial charge is 0.328 e. The lowest BCUT2D eigenvalue weighted by atomic mass is 10.1. The summed E-state index contributed by atoms with van der Waals surface area (Å²) in [5.74, 6) is 0.00279. The second-order valence-corrected chi connectivity index (χ2v) is 5.91. The monoisotopic (exact) mass is 332 g/mol. The summed E-state index contributed by atoms with van der Waals surface area (Å²) in [5.41, 5.74) is 2.49. The van der Waals surface area contributed by atoms with Crippen LogP contribution in [0.15, 0.2) is 36.5 Å². The number of carboxylic acid groups (broad SMARTS) is 1. The SMILES string of the molecule is CCCCc1ncc(/C(C)=C\C(=O)O)n1Cc1ccccc1Cl. The van der Waals surface area contributed by atoms with Crippen LogP contribution < -0.4 is 0 Å². The number of nitrogens with zero attached hydrogens (tertiary/aromatic N) is 2. The van der Waals surface area contributed by atoms with E-state index < -0.39 is 5.97 Å². The largest absolute Gasteiger partial charge is 0.478 e. The fourth-order valence-electron chi connectivity index (χ4n) is 2.50. The summed E-state index contributed by atoms with van der Waals surface area (Å²) in [5, 5.41) is 9.69. The molecule has 4 nitrogen and oxygen atoms in total. The zero-order valence-electron chi connectivity index (χ0n) is 13.4. The Labute approximate surface area is 141 Å². The highest BCUT2D eigenvalue weighted by atomic mass is 35.5. The third-order valence-corrected chi connectivity index (χ3v) is 4.09. The van der Waals surface area contributed by atoms with Gasteiger partial charge >= 0.3 is 5.97 Å². The molecule has 0 spiro atoms. The van der Waals surface area contributed by atoms with Crippen molar-refractivity contribution in [2.75, 3.05) is 0 Å². The predicted molar refractivity (Wildman–Crippen MR) is 92.7 cm³/mol. The van der Waals surface area contributed by atoms with Crippen LogP contribution in [-0.2, 0) is 17.8 Å². The maximum Gasteiger partial charge on any atom is 0.328 e. The van der Waals surface area contributed by atoms with Crippen LogP contribution in [0.3, 0.4) is 0 Å². The Morgan fingerprint density at radius 1 is 1.39 bits per heavy atom. The van der Waals surface area contributed by atoms with E-state index in [9.17, 15) is 4.79 Å². The number of allylic oxidation sites excluding steroid dienone is 1. The van der Waals surface area contributed by atoms with Crippen LogP contribution in [0.1, 0.15) is 43.8 Å². The van der Waals surface area contributed by atoms with Crippen LogP contribution in [0.5, 0.6) is 0 Å². The van der Waals surface area contributed by atoms with Gasteiger partial charge in [-0.1, -0.05) is 43.1 Å². The molecule has 2 aromatic rings. The number of halogens is 1. The van der Waals surface area contributed by atoms with Crippen molar-refractivity contribution in [1.82, 2.24) is 9.55 Å². The molecule has 23 heavy (non-hydrogen) atoms. The Bertz CT molecular complexity index is 720. The van der Waals surface area contributed by atoms with Crippen molar-refractivity contribution in [3.8, 4) is 0 Å². The summed E-state index contributed by atoms with van der Waals surface area (Å²) in [6.45, 7) is 4.51. The van der Waals surface area contributed by atoms with Crippen LogP contribution in [0.2, 0.25) is 5.02 Å². The standard InChI is InChI=1S/C18H21ClN2O2/c1-3-4-9-17-20-11-16(13(2)10-18(22)23)21(17)12-14-7-5-6-8-15(14)19/h5-8,10-11H,3-4,9,12H2,1-2H3,(H,22,23)/b13-10-. The van der Waals surface area contributed by atoms with Gasteiger partial charge in [0.15, 0.2) is 0 Å². The molecular weight excluding hydrogens is 312 g/mol. The molecule has 0 amide bonds. The first-order chi connectivity index (χ1) is 11.0. The molecule has 1 heterocycles. The van der Waals surface area contributed by atoms with Crippen LogP contribution in [0.25, 0.3) is 5.57 Å². The summed E-state index contributed by atoms with van der Waals surface area (Å²) in [6.07, 6.45) is 5.94. The van der Waals surface area contributed by atoms with Crippen molar-refractivity contribution >= 4 is 23.1 Å². The highest BCUT2D eigenvalue weighted by Crippen LogP contribution is 2.22. The van der Waals surface area contributed by atoms with Crippen molar-refractivity contribution in [2.24, 2.45) is 0 Å². The van der Waals surface area contributed by atoms with E-state index in [4.69, 9.17) is 16.7 Å². The fourth-order valence-corrected chi connectivity index (χ4v) is 2.69. The van der Waals surface area contributed by atoms with Gasteiger partial charge in [0, 0.05) is 17.5 Å². The zero-order valence-corrected chi connectivity index (χ0v) is 14.2. The van der Waals surface area contributed by atoms with E-state index in [-0.39, 0.29) is 0 Å². The van der Waals surface area contributed by atoms with Gasteiger partial charge in [0.05, 0.1) is 18.4 Å². The Morgan fingerprint density at radius 3 is 2.78 bits per heavy atom. The molecule has 122 valence electrons. The van der Waals surface area contributed by atoms with Gasteiger partial charge in [-0.25, -0.2) is 9.78 Å². The Balaban J connectivity index is 2.42. The van der Waals surface area contributed by atoms with Gasteiger partial charge in [-0.2, -0.15) is 0 Å².